The summed E-state index contributed by atoms with van der Waals surface area (Å²) in [6.45, 7) is 2.18. The van der Waals surface area contributed by atoms with Crippen LogP contribution in [-0.4, -0.2) is 29.9 Å². The van der Waals surface area contributed by atoms with E-state index in [1.807, 2.05) is 0 Å². The van der Waals surface area contributed by atoms with Gasteiger partial charge in [-0.1, -0.05) is 6.42 Å². The Morgan fingerprint density at radius 3 is 3.00 bits per heavy atom. The molecule has 2 aliphatic heterocycles. The molecular weight excluding hydrogens is 168 g/mol. The van der Waals surface area contributed by atoms with Crippen molar-refractivity contribution in [1.82, 2.24) is 5.32 Å². The van der Waals surface area contributed by atoms with Gasteiger partial charge in [0.1, 0.15) is 5.84 Å². The molecule has 12 heavy (non-hydrogen) atoms. The van der Waals surface area contributed by atoms with E-state index in [4.69, 9.17) is 0 Å². The summed E-state index contributed by atoms with van der Waals surface area (Å²) in [4.78, 5) is 4.54. The molecule has 1 N–H and O–H groups in total. The molecule has 0 radical (unpaired) electrons. The Bertz CT molecular complexity index is 173. The van der Waals surface area contributed by atoms with Gasteiger partial charge in [-0.25, -0.2) is 0 Å². The Hall–Kier alpha value is -0.180. The van der Waals surface area contributed by atoms with Crippen molar-refractivity contribution in [1.29, 1.82) is 0 Å². The average molecular weight is 184 g/mol. The summed E-state index contributed by atoms with van der Waals surface area (Å²) in [6, 6.07) is 0. The molecule has 3 heteroatoms. The highest BCUT2D eigenvalue weighted by Gasteiger charge is 2.20. The average Bonchev–Trinajstić information content (AvgIpc) is 2.21. The number of aliphatic imine (C=N–C) groups is 1. The number of amidine groups is 1. The van der Waals surface area contributed by atoms with Crippen LogP contribution in [0.25, 0.3) is 0 Å². The van der Waals surface area contributed by atoms with Crippen LogP contribution < -0.4 is 5.32 Å². The van der Waals surface area contributed by atoms with Crippen LogP contribution in [0.1, 0.15) is 25.7 Å². The van der Waals surface area contributed by atoms with Crippen LogP contribution in [-0.2, 0) is 0 Å². The van der Waals surface area contributed by atoms with E-state index in [1.54, 1.807) is 0 Å². The van der Waals surface area contributed by atoms with E-state index in [0.717, 1.165) is 13.1 Å². The predicted octanol–water partition coefficient (Wildman–Crippen LogP) is 1.66. The van der Waals surface area contributed by atoms with Crippen LogP contribution in [0.5, 0.6) is 0 Å². The summed E-state index contributed by atoms with van der Waals surface area (Å²) in [5.41, 5.74) is 0. The molecule has 0 aromatic rings. The van der Waals surface area contributed by atoms with Gasteiger partial charge in [0.2, 0.25) is 0 Å². The van der Waals surface area contributed by atoms with Crippen LogP contribution in [0, 0.1) is 0 Å². The maximum Gasteiger partial charge on any atom is 0.109 e. The topological polar surface area (TPSA) is 24.4 Å². The Labute approximate surface area is 78.2 Å². The fourth-order valence-electron chi connectivity index (χ4n) is 1.72. The zero-order valence-electron chi connectivity index (χ0n) is 7.38. The van der Waals surface area contributed by atoms with Crippen LogP contribution in [0.3, 0.4) is 0 Å². The van der Waals surface area contributed by atoms with Gasteiger partial charge in [0.05, 0.1) is 5.25 Å². The number of thioether (sulfide) groups is 1. The summed E-state index contributed by atoms with van der Waals surface area (Å²) < 4.78 is 0. The highest BCUT2D eigenvalue weighted by Crippen LogP contribution is 2.25. The maximum absolute atomic E-state index is 4.54. The molecule has 0 aliphatic carbocycles. The molecule has 2 nitrogen and oxygen atoms in total. The second-order valence-electron chi connectivity index (χ2n) is 3.40. The van der Waals surface area contributed by atoms with Crippen molar-refractivity contribution in [3.05, 3.63) is 0 Å². The first-order valence-electron chi connectivity index (χ1n) is 4.86. The molecular formula is C9H16N2S. The number of hydrogen-bond acceptors (Lipinski definition) is 3. The normalized spacial score (nSPS) is 30.7. The molecule has 1 saturated heterocycles. The molecule has 1 fully saturated rings. The lowest BCUT2D eigenvalue weighted by atomic mass is 10.1. The minimum absolute atomic E-state index is 0.694. The van der Waals surface area contributed by atoms with Gasteiger partial charge in [-0.15, -0.1) is 0 Å². The molecule has 0 aromatic carbocycles. The Balaban J connectivity index is 1.92. The van der Waals surface area contributed by atoms with Crippen LogP contribution in [0.15, 0.2) is 4.99 Å². The first kappa shape index (κ1) is 8.42. The van der Waals surface area contributed by atoms with Crippen molar-refractivity contribution in [2.24, 2.45) is 4.99 Å². The van der Waals surface area contributed by atoms with E-state index in [1.165, 1.54) is 37.3 Å². The highest BCUT2D eigenvalue weighted by atomic mass is 32.2. The van der Waals surface area contributed by atoms with Crippen LogP contribution in [0.2, 0.25) is 0 Å². The Morgan fingerprint density at radius 2 is 2.33 bits per heavy atom. The van der Waals surface area contributed by atoms with Gasteiger partial charge in [0, 0.05) is 13.1 Å². The molecule has 0 spiro atoms. The summed E-state index contributed by atoms with van der Waals surface area (Å²) in [6.07, 6.45) is 5.32. The molecule has 68 valence electrons. The van der Waals surface area contributed by atoms with E-state index in [-0.39, 0.29) is 0 Å². The third-order valence-electron chi connectivity index (χ3n) is 2.41. The minimum atomic E-state index is 0.694. The number of nitrogens with one attached hydrogen (secondary N) is 1. The lowest BCUT2D eigenvalue weighted by Gasteiger charge is -2.25. The molecule has 0 amide bonds. The second kappa shape index (κ2) is 4.17. The molecule has 0 bridgehead atoms. The van der Waals surface area contributed by atoms with Crippen molar-refractivity contribution in [2.45, 2.75) is 30.9 Å². The molecule has 0 saturated carbocycles. The van der Waals surface area contributed by atoms with Gasteiger partial charge in [-0.05, 0) is 25.0 Å². The first-order chi connectivity index (χ1) is 5.97. The molecule has 1 atom stereocenters. The van der Waals surface area contributed by atoms with Gasteiger partial charge in [0.25, 0.3) is 0 Å². The van der Waals surface area contributed by atoms with E-state index in [0.29, 0.717) is 5.25 Å². The Morgan fingerprint density at radius 1 is 1.33 bits per heavy atom. The van der Waals surface area contributed by atoms with Gasteiger partial charge in [-0.3, -0.25) is 4.99 Å². The number of nitrogens with zero attached hydrogens (tertiary/aromatic N) is 1. The third kappa shape index (κ3) is 1.94. The molecule has 2 rings (SSSR count). The molecule has 2 heterocycles. The third-order valence-corrected chi connectivity index (χ3v) is 3.79. The second-order valence-corrected chi connectivity index (χ2v) is 4.71. The van der Waals surface area contributed by atoms with Crippen molar-refractivity contribution in [3.8, 4) is 0 Å². The number of hydrogen-bond donors (Lipinski definition) is 1. The molecule has 1 unspecified atom stereocenters. The van der Waals surface area contributed by atoms with E-state index in [9.17, 15) is 0 Å². The zero-order valence-corrected chi connectivity index (χ0v) is 8.20. The van der Waals surface area contributed by atoms with Crippen molar-refractivity contribution < 1.29 is 0 Å². The lowest BCUT2D eigenvalue weighted by Crippen LogP contribution is -2.38. The fourth-order valence-corrected chi connectivity index (χ4v) is 3.03. The molecule has 0 aromatic heterocycles. The lowest BCUT2D eigenvalue weighted by molar-refractivity contribution is 0.684. The van der Waals surface area contributed by atoms with Gasteiger partial charge in [0.15, 0.2) is 0 Å². The smallest absolute Gasteiger partial charge is 0.109 e. The van der Waals surface area contributed by atoms with Gasteiger partial charge >= 0.3 is 0 Å². The van der Waals surface area contributed by atoms with Crippen molar-refractivity contribution in [2.75, 3.05) is 18.8 Å². The number of rotatable bonds is 1. The van der Waals surface area contributed by atoms with Crippen LogP contribution in [0.4, 0.5) is 0 Å². The molecule has 2 aliphatic rings. The van der Waals surface area contributed by atoms with Crippen LogP contribution >= 0.6 is 11.8 Å². The quantitative estimate of drug-likeness (QED) is 0.670. The van der Waals surface area contributed by atoms with Gasteiger partial charge < -0.3 is 5.32 Å². The highest BCUT2D eigenvalue weighted by molar-refractivity contribution is 8.00. The summed E-state index contributed by atoms with van der Waals surface area (Å²) in [5, 5.41) is 4.11. The summed E-state index contributed by atoms with van der Waals surface area (Å²) >= 11 is 2.08. The largest absolute Gasteiger partial charge is 0.373 e. The first-order valence-corrected chi connectivity index (χ1v) is 5.91. The van der Waals surface area contributed by atoms with E-state index in [2.05, 4.69) is 22.1 Å². The van der Waals surface area contributed by atoms with E-state index < -0.39 is 0 Å². The van der Waals surface area contributed by atoms with Crippen molar-refractivity contribution in [3.63, 3.8) is 0 Å². The summed E-state index contributed by atoms with van der Waals surface area (Å²) in [5.74, 6) is 2.61. The van der Waals surface area contributed by atoms with Gasteiger partial charge in [-0.2, -0.15) is 11.8 Å². The monoisotopic (exact) mass is 184 g/mol. The minimum Gasteiger partial charge on any atom is -0.373 e. The zero-order chi connectivity index (χ0) is 8.23. The summed E-state index contributed by atoms with van der Waals surface area (Å²) in [7, 11) is 0. The van der Waals surface area contributed by atoms with Crippen molar-refractivity contribution >= 4 is 17.6 Å². The standard InChI is InChI=1S/C9H16N2S/c1-2-7-12-8(4-1)9-10-5-3-6-11-9/h8H,1-7H2,(H,10,11). The maximum atomic E-state index is 4.54. The fraction of sp³-hybridized carbons (Fsp3) is 0.889. The Kier molecular flexibility index (Phi) is 2.93. The SMILES string of the molecule is C1CN=C(C2CCCCS2)NC1. The predicted molar refractivity (Wildman–Crippen MR) is 55.0 cm³/mol. The van der Waals surface area contributed by atoms with E-state index >= 15 is 0 Å².